The van der Waals surface area contributed by atoms with Crippen LogP contribution >= 0.6 is 0 Å². The van der Waals surface area contributed by atoms with Crippen molar-refractivity contribution in [3.05, 3.63) is 59.1 Å². The Hall–Kier alpha value is -2.27. The van der Waals surface area contributed by atoms with Crippen LogP contribution < -0.4 is 15.7 Å². The Morgan fingerprint density at radius 3 is 2.85 bits per heavy atom. The van der Waals surface area contributed by atoms with Crippen molar-refractivity contribution < 1.29 is 9.94 Å². The summed E-state index contributed by atoms with van der Waals surface area (Å²) in [4.78, 5) is 17.7. The highest BCUT2D eigenvalue weighted by atomic mass is 16.7. The van der Waals surface area contributed by atoms with Crippen LogP contribution in [0.5, 0.6) is 0 Å². The third-order valence-electron chi connectivity index (χ3n) is 2.90. The normalized spacial score (nSPS) is 12.2. The summed E-state index contributed by atoms with van der Waals surface area (Å²) in [6, 6.07) is 10.7. The molecule has 0 radical (unpaired) electrons. The second-order valence-electron chi connectivity index (χ2n) is 4.47. The predicted octanol–water partition coefficient (Wildman–Crippen LogP) is 1.83. The number of hydrogen-bond donors (Lipinski definition) is 2. The van der Waals surface area contributed by atoms with E-state index in [0.29, 0.717) is 11.9 Å². The van der Waals surface area contributed by atoms with Crippen LogP contribution in [0.2, 0.25) is 0 Å². The van der Waals surface area contributed by atoms with Gasteiger partial charge in [-0.15, -0.1) is 4.73 Å². The maximum atomic E-state index is 12.0. The van der Waals surface area contributed by atoms with Crippen LogP contribution in [-0.2, 0) is 0 Å². The van der Waals surface area contributed by atoms with Gasteiger partial charge in [0, 0.05) is 11.5 Å². The molecule has 0 amide bonds. The molecule has 0 fully saturated rings. The lowest BCUT2D eigenvalue weighted by atomic mass is 10.2. The van der Waals surface area contributed by atoms with Crippen molar-refractivity contribution in [2.75, 3.05) is 6.54 Å². The Morgan fingerprint density at radius 2 is 2.15 bits per heavy atom. The molecule has 0 saturated heterocycles. The third-order valence-corrected chi connectivity index (χ3v) is 2.90. The van der Waals surface area contributed by atoms with Gasteiger partial charge in [-0.05, 0) is 18.6 Å². The summed E-state index contributed by atoms with van der Waals surface area (Å²) < 4.78 is 1.27. The van der Waals surface area contributed by atoms with Crippen molar-refractivity contribution in [1.82, 2.24) is 10.0 Å². The third kappa shape index (κ3) is 3.19. The number of aliphatic hydroxyl groups is 1. The minimum Gasteiger partial charge on any atom is -0.512 e. The van der Waals surface area contributed by atoms with Crippen molar-refractivity contribution in [3.63, 3.8) is 0 Å². The molecule has 106 valence electrons. The standard InChI is InChI=1S/C15H18N2O3/c1-3-14(16-10-11(2)18)20-17-13-7-5-4-6-12(13)8-9-15(17)19/h4-9,14,16,18H,2-3,10H2,1H3. The van der Waals surface area contributed by atoms with Crippen molar-refractivity contribution in [1.29, 1.82) is 0 Å². The summed E-state index contributed by atoms with van der Waals surface area (Å²) in [7, 11) is 0. The fraction of sp³-hybridized carbons (Fsp3) is 0.267. The molecule has 0 aliphatic rings. The van der Waals surface area contributed by atoms with Crippen LogP contribution in [0.1, 0.15) is 13.3 Å². The van der Waals surface area contributed by atoms with E-state index in [4.69, 9.17) is 9.94 Å². The molecule has 2 aromatic rings. The fourth-order valence-corrected chi connectivity index (χ4v) is 1.88. The van der Waals surface area contributed by atoms with Gasteiger partial charge in [0.2, 0.25) is 0 Å². The van der Waals surface area contributed by atoms with Crippen molar-refractivity contribution in [2.24, 2.45) is 0 Å². The summed E-state index contributed by atoms with van der Waals surface area (Å²) in [5.74, 6) is 0.0253. The molecule has 2 N–H and O–H groups in total. The Morgan fingerprint density at radius 1 is 1.40 bits per heavy atom. The number of fused-ring (bicyclic) bond motifs is 1. The van der Waals surface area contributed by atoms with Gasteiger partial charge in [-0.1, -0.05) is 31.7 Å². The number of pyridine rings is 1. The molecular formula is C15H18N2O3. The second-order valence-corrected chi connectivity index (χ2v) is 4.47. The van der Waals surface area contributed by atoms with Crippen LogP contribution in [-0.4, -0.2) is 22.6 Å². The van der Waals surface area contributed by atoms with E-state index in [1.807, 2.05) is 31.2 Å². The molecule has 0 spiro atoms. The van der Waals surface area contributed by atoms with E-state index in [-0.39, 0.29) is 24.1 Å². The minimum absolute atomic E-state index is 0.0253. The quantitative estimate of drug-likeness (QED) is 0.623. The first-order chi connectivity index (χ1) is 9.61. The molecule has 1 heterocycles. The van der Waals surface area contributed by atoms with E-state index in [1.165, 1.54) is 10.8 Å². The first-order valence-corrected chi connectivity index (χ1v) is 6.50. The summed E-state index contributed by atoms with van der Waals surface area (Å²) in [6.07, 6.45) is 0.255. The Balaban J connectivity index is 2.29. The highest BCUT2D eigenvalue weighted by Gasteiger charge is 2.11. The van der Waals surface area contributed by atoms with Crippen molar-refractivity contribution >= 4 is 10.9 Å². The molecule has 0 aliphatic heterocycles. The largest absolute Gasteiger partial charge is 0.512 e. The summed E-state index contributed by atoms with van der Waals surface area (Å²) in [5, 5.41) is 13.0. The second kappa shape index (κ2) is 6.25. The van der Waals surface area contributed by atoms with Crippen LogP contribution in [0.25, 0.3) is 10.9 Å². The molecule has 0 bridgehead atoms. The van der Waals surface area contributed by atoms with Gasteiger partial charge in [0.15, 0.2) is 6.23 Å². The number of nitrogens with one attached hydrogen (secondary N) is 1. The molecule has 2 rings (SSSR count). The van der Waals surface area contributed by atoms with Crippen LogP contribution in [0.3, 0.4) is 0 Å². The van der Waals surface area contributed by atoms with Gasteiger partial charge in [-0.2, -0.15) is 0 Å². The number of nitrogens with zero attached hydrogens (tertiary/aromatic N) is 1. The molecule has 0 aliphatic carbocycles. The number of rotatable bonds is 6. The van der Waals surface area contributed by atoms with E-state index in [0.717, 1.165) is 5.39 Å². The maximum absolute atomic E-state index is 12.0. The SMILES string of the molecule is C=C(O)CNC(CC)On1c(=O)ccc2ccccc21. The molecule has 1 atom stereocenters. The molecular weight excluding hydrogens is 256 g/mol. The Labute approximate surface area is 117 Å². The van der Waals surface area contributed by atoms with Gasteiger partial charge in [0.1, 0.15) is 0 Å². The first kappa shape index (κ1) is 14.1. The number of hydrogen-bond acceptors (Lipinski definition) is 4. The van der Waals surface area contributed by atoms with E-state index in [9.17, 15) is 4.79 Å². The molecule has 5 heteroatoms. The van der Waals surface area contributed by atoms with Gasteiger partial charge in [-0.25, -0.2) is 0 Å². The molecule has 0 saturated carbocycles. The highest BCUT2D eigenvalue weighted by Crippen LogP contribution is 2.10. The number of aromatic nitrogens is 1. The monoisotopic (exact) mass is 274 g/mol. The topological polar surface area (TPSA) is 63.5 Å². The van der Waals surface area contributed by atoms with Gasteiger partial charge in [0.25, 0.3) is 5.56 Å². The maximum Gasteiger partial charge on any atom is 0.283 e. The summed E-state index contributed by atoms with van der Waals surface area (Å²) in [5.41, 5.74) is 0.481. The smallest absolute Gasteiger partial charge is 0.283 e. The van der Waals surface area contributed by atoms with Crippen LogP contribution in [0.15, 0.2) is 53.5 Å². The molecule has 1 aromatic carbocycles. The number of aliphatic hydroxyl groups excluding tert-OH is 1. The zero-order valence-corrected chi connectivity index (χ0v) is 11.4. The van der Waals surface area contributed by atoms with Crippen LogP contribution in [0, 0.1) is 0 Å². The zero-order chi connectivity index (χ0) is 14.5. The van der Waals surface area contributed by atoms with Gasteiger partial charge < -0.3 is 9.94 Å². The van der Waals surface area contributed by atoms with Gasteiger partial charge in [-0.3, -0.25) is 10.1 Å². The molecule has 1 unspecified atom stereocenters. The Bertz CT molecular complexity index is 663. The van der Waals surface area contributed by atoms with Crippen molar-refractivity contribution in [2.45, 2.75) is 19.6 Å². The predicted molar refractivity (Wildman–Crippen MR) is 78.6 cm³/mol. The zero-order valence-electron chi connectivity index (χ0n) is 11.4. The van der Waals surface area contributed by atoms with Gasteiger partial charge in [0.05, 0.1) is 17.8 Å². The average molecular weight is 274 g/mol. The average Bonchev–Trinajstić information content (AvgIpc) is 2.45. The molecule has 1 aromatic heterocycles. The van der Waals surface area contributed by atoms with Crippen molar-refractivity contribution in [3.8, 4) is 0 Å². The lowest BCUT2D eigenvalue weighted by molar-refractivity contribution is 0.0153. The lowest BCUT2D eigenvalue weighted by Gasteiger charge is -2.20. The highest BCUT2D eigenvalue weighted by molar-refractivity contribution is 5.78. The molecule has 5 nitrogen and oxygen atoms in total. The van der Waals surface area contributed by atoms with E-state index in [2.05, 4.69) is 11.9 Å². The lowest BCUT2D eigenvalue weighted by Crippen LogP contribution is -2.42. The molecule has 20 heavy (non-hydrogen) atoms. The number of benzene rings is 1. The van der Waals surface area contributed by atoms with E-state index >= 15 is 0 Å². The van der Waals surface area contributed by atoms with E-state index < -0.39 is 0 Å². The van der Waals surface area contributed by atoms with E-state index in [1.54, 1.807) is 6.07 Å². The Kier molecular flexibility index (Phi) is 4.42. The fourth-order valence-electron chi connectivity index (χ4n) is 1.88. The van der Waals surface area contributed by atoms with Crippen LogP contribution in [0.4, 0.5) is 0 Å². The summed E-state index contributed by atoms with van der Waals surface area (Å²) in [6.45, 7) is 5.55. The minimum atomic E-state index is -0.387. The number of para-hydroxylation sites is 1. The summed E-state index contributed by atoms with van der Waals surface area (Å²) >= 11 is 0. The first-order valence-electron chi connectivity index (χ1n) is 6.50. The van der Waals surface area contributed by atoms with Gasteiger partial charge >= 0.3 is 0 Å².